The molecule has 2 amide bonds. The average molecular weight is 288 g/mol. The van der Waals surface area contributed by atoms with Gasteiger partial charge in [-0.05, 0) is 37.8 Å². The summed E-state index contributed by atoms with van der Waals surface area (Å²) < 4.78 is 0. The first-order valence-electron chi connectivity index (χ1n) is 7.50. The van der Waals surface area contributed by atoms with E-state index in [0.29, 0.717) is 13.0 Å². The number of amides is 2. The summed E-state index contributed by atoms with van der Waals surface area (Å²) in [5, 5.41) is 9.46. The molecule has 1 saturated heterocycles. The number of nitrogens with zero attached hydrogens (tertiary/aromatic N) is 2. The first-order valence-corrected chi connectivity index (χ1v) is 7.50. The minimum atomic E-state index is -0.941. The van der Waals surface area contributed by atoms with Gasteiger partial charge in [0.1, 0.15) is 6.04 Å². The number of piperidine rings is 1. The third-order valence-electron chi connectivity index (χ3n) is 4.52. The number of carboxylic acids is 1. The fourth-order valence-electron chi connectivity index (χ4n) is 3.34. The van der Waals surface area contributed by atoms with E-state index in [4.69, 9.17) is 0 Å². The molecule has 2 heterocycles. The number of carbonyl (C=O) groups is 2. The fraction of sp³-hybridized carbons (Fsp3) is 0.500. The van der Waals surface area contributed by atoms with E-state index in [0.717, 1.165) is 30.5 Å². The zero-order chi connectivity index (χ0) is 15.0. The zero-order valence-corrected chi connectivity index (χ0v) is 12.2. The van der Waals surface area contributed by atoms with E-state index in [2.05, 4.69) is 0 Å². The molecule has 1 fully saturated rings. The Morgan fingerprint density at radius 3 is 2.71 bits per heavy atom. The fourth-order valence-corrected chi connectivity index (χ4v) is 3.34. The Labute approximate surface area is 124 Å². The SMILES string of the molecule is CC1CCCCN1C(=O)N1c2ccccc2CC1C(=O)O. The van der Waals surface area contributed by atoms with Crippen molar-refractivity contribution in [3.8, 4) is 0 Å². The number of carbonyl (C=O) groups excluding carboxylic acids is 1. The van der Waals surface area contributed by atoms with Crippen molar-refractivity contribution in [1.82, 2.24) is 4.90 Å². The van der Waals surface area contributed by atoms with Crippen LogP contribution < -0.4 is 4.90 Å². The molecule has 0 aliphatic carbocycles. The lowest BCUT2D eigenvalue weighted by atomic mass is 10.0. The van der Waals surface area contributed by atoms with Crippen molar-refractivity contribution in [3.63, 3.8) is 0 Å². The number of likely N-dealkylation sites (tertiary alicyclic amines) is 1. The van der Waals surface area contributed by atoms with Gasteiger partial charge in [-0.25, -0.2) is 9.59 Å². The van der Waals surface area contributed by atoms with Gasteiger partial charge in [-0.2, -0.15) is 0 Å². The summed E-state index contributed by atoms with van der Waals surface area (Å²) in [6, 6.07) is 6.69. The van der Waals surface area contributed by atoms with Gasteiger partial charge in [0.25, 0.3) is 0 Å². The molecule has 0 spiro atoms. The third-order valence-corrected chi connectivity index (χ3v) is 4.52. The lowest BCUT2D eigenvalue weighted by Gasteiger charge is -2.37. The summed E-state index contributed by atoms with van der Waals surface area (Å²) >= 11 is 0. The van der Waals surface area contributed by atoms with Gasteiger partial charge >= 0.3 is 12.0 Å². The van der Waals surface area contributed by atoms with Crippen LogP contribution in [0.3, 0.4) is 0 Å². The molecule has 2 aliphatic rings. The summed E-state index contributed by atoms with van der Waals surface area (Å²) in [6.07, 6.45) is 3.49. The van der Waals surface area contributed by atoms with Crippen LogP contribution in [0.25, 0.3) is 0 Å². The van der Waals surface area contributed by atoms with Crippen LogP contribution in [0.2, 0.25) is 0 Å². The molecule has 5 nitrogen and oxygen atoms in total. The Bertz CT molecular complexity index is 572. The molecular weight excluding hydrogens is 268 g/mol. The van der Waals surface area contributed by atoms with E-state index in [1.54, 1.807) is 0 Å². The van der Waals surface area contributed by atoms with E-state index in [-0.39, 0.29) is 12.1 Å². The van der Waals surface area contributed by atoms with Gasteiger partial charge < -0.3 is 10.0 Å². The van der Waals surface area contributed by atoms with Crippen LogP contribution in [0.1, 0.15) is 31.7 Å². The normalized spacial score (nSPS) is 24.8. The van der Waals surface area contributed by atoms with Crippen LogP contribution in [0, 0.1) is 0 Å². The molecule has 1 aromatic carbocycles. The van der Waals surface area contributed by atoms with Gasteiger partial charge in [-0.1, -0.05) is 18.2 Å². The van der Waals surface area contributed by atoms with Crippen molar-refractivity contribution < 1.29 is 14.7 Å². The first-order chi connectivity index (χ1) is 10.1. The third kappa shape index (κ3) is 2.37. The highest BCUT2D eigenvalue weighted by molar-refractivity contribution is 6.01. The predicted molar refractivity (Wildman–Crippen MR) is 79.5 cm³/mol. The molecule has 2 aliphatic heterocycles. The van der Waals surface area contributed by atoms with Gasteiger partial charge in [0.15, 0.2) is 0 Å². The molecule has 1 N–H and O–H groups in total. The van der Waals surface area contributed by atoms with Crippen molar-refractivity contribution in [2.24, 2.45) is 0 Å². The molecule has 0 saturated carbocycles. The minimum absolute atomic E-state index is 0.167. The quantitative estimate of drug-likeness (QED) is 0.863. The maximum absolute atomic E-state index is 12.9. The predicted octanol–water partition coefficient (Wildman–Crippen LogP) is 2.50. The highest BCUT2D eigenvalue weighted by Crippen LogP contribution is 2.34. The smallest absolute Gasteiger partial charge is 0.327 e. The second-order valence-corrected chi connectivity index (χ2v) is 5.88. The van der Waals surface area contributed by atoms with Crippen LogP contribution in [-0.2, 0) is 11.2 Å². The molecule has 21 heavy (non-hydrogen) atoms. The molecule has 2 unspecified atom stereocenters. The first kappa shape index (κ1) is 13.9. The van der Waals surface area contributed by atoms with Crippen molar-refractivity contribution >= 4 is 17.7 Å². The molecule has 0 radical (unpaired) electrons. The van der Waals surface area contributed by atoms with Gasteiger partial charge in [0.2, 0.25) is 0 Å². The summed E-state index contributed by atoms with van der Waals surface area (Å²) in [4.78, 5) is 27.7. The molecule has 5 heteroatoms. The lowest BCUT2D eigenvalue weighted by molar-refractivity contribution is -0.138. The number of para-hydroxylation sites is 1. The van der Waals surface area contributed by atoms with Crippen LogP contribution in [0.5, 0.6) is 0 Å². The number of hydrogen-bond donors (Lipinski definition) is 1. The summed E-state index contributed by atoms with van der Waals surface area (Å²) in [7, 11) is 0. The number of anilines is 1. The molecule has 112 valence electrons. The van der Waals surface area contributed by atoms with Gasteiger partial charge in [0.05, 0.1) is 0 Å². The molecule has 1 aromatic rings. The lowest BCUT2D eigenvalue weighted by Crippen LogP contribution is -2.53. The number of aliphatic carboxylic acids is 1. The number of benzene rings is 1. The summed E-state index contributed by atoms with van der Waals surface area (Å²) in [5.74, 6) is -0.941. The van der Waals surface area contributed by atoms with E-state index >= 15 is 0 Å². The van der Waals surface area contributed by atoms with Crippen molar-refractivity contribution in [2.75, 3.05) is 11.4 Å². The van der Waals surface area contributed by atoms with Crippen molar-refractivity contribution in [1.29, 1.82) is 0 Å². The standard InChI is InChI=1S/C16H20N2O3/c1-11-6-4-5-9-17(11)16(21)18-13-8-3-2-7-12(13)10-14(18)15(19)20/h2-3,7-8,11,14H,4-6,9-10H2,1H3,(H,19,20). The molecule has 0 bridgehead atoms. The molecular formula is C16H20N2O3. The number of fused-ring (bicyclic) bond motifs is 1. The van der Waals surface area contributed by atoms with Crippen LogP contribution >= 0.6 is 0 Å². The second-order valence-electron chi connectivity index (χ2n) is 5.88. The maximum Gasteiger partial charge on any atom is 0.327 e. The Morgan fingerprint density at radius 2 is 2.00 bits per heavy atom. The molecule has 3 rings (SSSR count). The monoisotopic (exact) mass is 288 g/mol. The van der Waals surface area contributed by atoms with E-state index in [1.165, 1.54) is 4.90 Å². The Balaban J connectivity index is 1.93. The number of rotatable bonds is 1. The van der Waals surface area contributed by atoms with Gasteiger partial charge in [0, 0.05) is 24.7 Å². The zero-order valence-electron chi connectivity index (χ0n) is 12.2. The Kier molecular flexibility index (Phi) is 3.57. The van der Waals surface area contributed by atoms with E-state index in [9.17, 15) is 14.7 Å². The van der Waals surface area contributed by atoms with Crippen LogP contribution in [-0.4, -0.2) is 40.6 Å². The van der Waals surface area contributed by atoms with Crippen LogP contribution in [0.4, 0.5) is 10.5 Å². The summed E-state index contributed by atoms with van der Waals surface area (Å²) in [5.41, 5.74) is 1.68. The van der Waals surface area contributed by atoms with Gasteiger partial charge in [-0.15, -0.1) is 0 Å². The molecule has 0 aromatic heterocycles. The Hall–Kier alpha value is -2.04. The number of carboxylic acid groups (broad SMARTS) is 1. The second kappa shape index (κ2) is 5.39. The maximum atomic E-state index is 12.9. The average Bonchev–Trinajstić information content (AvgIpc) is 2.86. The Morgan fingerprint density at radius 1 is 1.24 bits per heavy atom. The molecule has 2 atom stereocenters. The largest absolute Gasteiger partial charge is 0.480 e. The number of urea groups is 1. The van der Waals surface area contributed by atoms with Crippen molar-refractivity contribution in [3.05, 3.63) is 29.8 Å². The van der Waals surface area contributed by atoms with Crippen molar-refractivity contribution in [2.45, 2.75) is 44.7 Å². The van der Waals surface area contributed by atoms with E-state index in [1.807, 2.05) is 36.1 Å². The highest BCUT2D eigenvalue weighted by Gasteiger charge is 2.41. The number of hydrogen-bond acceptors (Lipinski definition) is 2. The van der Waals surface area contributed by atoms with Gasteiger partial charge in [-0.3, -0.25) is 4.90 Å². The van der Waals surface area contributed by atoms with E-state index < -0.39 is 12.0 Å². The summed E-state index contributed by atoms with van der Waals surface area (Å²) in [6.45, 7) is 2.75. The topological polar surface area (TPSA) is 60.9 Å². The van der Waals surface area contributed by atoms with Crippen LogP contribution in [0.15, 0.2) is 24.3 Å². The minimum Gasteiger partial charge on any atom is -0.480 e. The highest BCUT2D eigenvalue weighted by atomic mass is 16.4.